The number of phenolic OH excluding ortho intramolecular Hbond substituents is 1. The summed E-state index contributed by atoms with van der Waals surface area (Å²) in [6.45, 7) is 5.56. The fourth-order valence-electron chi connectivity index (χ4n) is 1.41. The summed E-state index contributed by atoms with van der Waals surface area (Å²) in [6.07, 6.45) is 3.05. The summed E-state index contributed by atoms with van der Waals surface area (Å²) >= 11 is 0. The number of rotatable bonds is 5. The van der Waals surface area contributed by atoms with Gasteiger partial charge in [0.2, 0.25) is 0 Å². The van der Waals surface area contributed by atoms with Gasteiger partial charge in [0, 0.05) is 31.4 Å². The Bertz CT molecular complexity index is 425. The van der Waals surface area contributed by atoms with Crippen LogP contribution in [0.1, 0.15) is 24.2 Å². The number of carbonyl (C=O) groups excluding carboxylic acids is 1. The molecular formula is C13H16FNO2. The molecule has 0 aliphatic carbocycles. The summed E-state index contributed by atoms with van der Waals surface area (Å²) in [4.78, 5) is 13.7. The van der Waals surface area contributed by atoms with E-state index in [1.807, 2.05) is 18.7 Å². The zero-order valence-electron chi connectivity index (χ0n) is 9.98. The van der Waals surface area contributed by atoms with Crippen LogP contribution in [0.4, 0.5) is 4.39 Å². The Morgan fingerprint density at radius 2 is 2.06 bits per heavy atom. The highest BCUT2D eigenvalue weighted by Gasteiger charge is 2.09. The van der Waals surface area contributed by atoms with Gasteiger partial charge in [-0.05, 0) is 26.0 Å². The Kier molecular flexibility index (Phi) is 4.69. The Morgan fingerprint density at radius 1 is 1.41 bits per heavy atom. The van der Waals surface area contributed by atoms with E-state index in [0.717, 1.165) is 25.2 Å². The van der Waals surface area contributed by atoms with Crippen LogP contribution in [0.3, 0.4) is 0 Å². The minimum absolute atomic E-state index is 0.106. The smallest absolute Gasteiger partial charge is 0.190 e. The number of hydrogen-bond donors (Lipinski definition) is 1. The van der Waals surface area contributed by atoms with Crippen LogP contribution in [0, 0.1) is 5.82 Å². The second kappa shape index (κ2) is 6.03. The van der Waals surface area contributed by atoms with Gasteiger partial charge >= 0.3 is 0 Å². The van der Waals surface area contributed by atoms with Crippen LogP contribution < -0.4 is 0 Å². The molecule has 1 aromatic rings. The number of allylic oxidation sites excluding steroid dienone is 1. The first-order valence-corrected chi connectivity index (χ1v) is 5.53. The second-order valence-electron chi connectivity index (χ2n) is 3.56. The van der Waals surface area contributed by atoms with Gasteiger partial charge in [-0.1, -0.05) is 0 Å². The third-order valence-corrected chi connectivity index (χ3v) is 2.47. The topological polar surface area (TPSA) is 40.5 Å². The highest BCUT2D eigenvalue weighted by Crippen LogP contribution is 2.18. The molecule has 0 bridgehead atoms. The number of phenols is 1. The lowest BCUT2D eigenvalue weighted by Crippen LogP contribution is -2.15. The van der Waals surface area contributed by atoms with Gasteiger partial charge in [0.25, 0.3) is 0 Å². The molecule has 1 aromatic carbocycles. The quantitative estimate of drug-likeness (QED) is 0.632. The van der Waals surface area contributed by atoms with Gasteiger partial charge in [-0.25, -0.2) is 4.39 Å². The lowest BCUT2D eigenvalue weighted by atomic mass is 10.1. The van der Waals surface area contributed by atoms with Crippen molar-refractivity contribution in [3.8, 4) is 5.75 Å². The molecule has 1 N–H and O–H groups in total. The van der Waals surface area contributed by atoms with Gasteiger partial charge in [0.15, 0.2) is 5.78 Å². The Balaban J connectivity index is 2.83. The minimum atomic E-state index is -0.563. The molecule has 0 aliphatic heterocycles. The summed E-state index contributed by atoms with van der Waals surface area (Å²) in [6, 6.07) is 3.36. The first kappa shape index (κ1) is 13.2. The van der Waals surface area contributed by atoms with E-state index in [1.54, 1.807) is 6.20 Å². The van der Waals surface area contributed by atoms with Crippen molar-refractivity contribution in [1.82, 2.24) is 4.90 Å². The zero-order chi connectivity index (χ0) is 12.8. The number of benzene rings is 1. The number of hydrogen-bond acceptors (Lipinski definition) is 3. The highest BCUT2D eigenvalue weighted by atomic mass is 19.1. The molecule has 0 aromatic heterocycles. The lowest BCUT2D eigenvalue weighted by Gasteiger charge is -2.14. The van der Waals surface area contributed by atoms with E-state index in [4.69, 9.17) is 0 Å². The standard InChI is InChI=1S/C13H16FNO2/c1-3-15(4-2)8-7-12(16)11-6-5-10(14)9-13(11)17/h5-9,17H,3-4H2,1-2H3. The molecule has 0 radical (unpaired) electrons. The van der Waals surface area contributed by atoms with Crippen molar-refractivity contribution in [2.24, 2.45) is 0 Å². The third-order valence-electron chi connectivity index (χ3n) is 2.47. The number of ketones is 1. The fourth-order valence-corrected chi connectivity index (χ4v) is 1.41. The van der Waals surface area contributed by atoms with Gasteiger partial charge in [-0.2, -0.15) is 0 Å². The molecule has 0 saturated heterocycles. The Hall–Kier alpha value is -1.84. The fraction of sp³-hybridized carbons (Fsp3) is 0.308. The van der Waals surface area contributed by atoms with E-state index in [-0.39, 0.29) is 17.1 Å². The predicted octanol–water partition coefficient (Wildman–Crippen LogP) is 2.57. The van der Waals surface area contributed by atoms with Crippen LogP contribution in [0.5, 0.6) is 5.75 Å². The molecule has 0 atom stereocenters. The zero-order valence-corrected chi connectivity index (χ0v) is 9.98. The molecule has 4 heteroatoms. The molecule has 0 aliphatic rings. The van der Waals surface area contributed by atoms with Crippen molar-refractivity contribution in [3.05, 3.63) is 41.9 Å². The SMILES string of the molecule is CCN(C=CC(=O)c1ccc(F)cc1O)CC. The predicted molar refractivity (Wildman–Crippen MR) is 64.5 cm³/mol. The molecule has 0 heterocycles. The lowest BCUT2D eigenvalue weighted by molar-refractivity contribution is 0.104. The summed E-state index contributed by atoms with van der Waals surface area (Å²) in [7, 11) is 0. The minimum Gasteiger partial charge on any atom is -0.507 e. The van der Waals surface area contributed by atoms with Crippen molar-refractivity contribution in [1.29, 1.82) is 0 Å². The normalized spacial score (nSPS) is 10.8. The van der Waals surface area contributed by atoms with Crippen molar-refractivity contribution in [2.45, 2.75) is 13.8 Å². The van der Waals surface area contributed by atoms with Crippen LogP contribution in [0.2, 0.25) is 0 Å². The average Bonchev–Trinajstić information content (AvgIpc) is 2.30. The van der Waals surface area contributed by atoms with Gasteiger partial charge < -0.3 is 10.0 Å². The molecule has 0 amide bonds. The Morgan fingerprint density at radius 3 is 2.59 bits per heavy atom. The molecule has 0 saturated carbocycles. The van der Waals surface area contributed by atoms with Crippen molar-refractivity contribution < 1.29 is 14.3 Å². The van der Waals surface area contributed by atoms with Crippen LogP contribution in [-0.2, 0) is 0 Å². The first-order valence-electron chi connectivity index (χ1n) is 5.53. The largest absolute Gasteiger partial charge is 0.507 e. The van der Waals surface area contributed by atoms with E-state index in [9.17, 15) is 14.3 Å². The second-order valence-corrected chi connectivity index (χ2v) is 3.56. The highest BCUT2D eigenvalue weighted by molar-refractivity contribution is 6.06. The number of halogens is 1. The first-order chi connectivity index (χ1) is 8.08. The molecule has 3 nitrogen and oxygen atoms in total. The van der Waals surface area contributed by atoms with Crippen molar-refractivity contribution in [2.75, 3.05) is 13.1 Å². The maximum absolute atomic E-state index is 12.7. The van der Waals surface area contributed by atoms with Crippen LogP contribution >= 0.6 is 0 Å². The van der Waals surface area contributed by atoms with E-state index in [0.29, 0.717) is 0 Å². The van der Waals surface area contributed by atoms with Crippen molar-refractivity contribution >= 4 is 5.78 Å². The van der Waals surface area contributed by atoms with Gasteiger partial charge in [-0.15, -0.1) is 0 Å². The molecule has 0 unspecified atom stereocenters. The van der Waals surface area contributed by atoms with Crippen molar-refractivity contribution in [3.63, 3.8) is 0 Å². The van der Waals surface area contributed by atoms with Crippen LogP contribution in [0.25, 0.3) is 0 Å². The van der Waals surface area contributed by atoms with E-state index < -0.39 is 5.82 Å². The summed E-state index contributed by atoms with van der Waals surface area (Å²) < 4.78 is 12.7. The maximum Gasteiger partial charge on any atom is 0.190 e. The average molecular weight is 237 g/mol. The summed E-state index contributed by atoms with van der Waals surface area (Å²) in [5, 5.41) is 9.43. The molecule has 1 rings (SSSR count). The number of aromatic hydroxyl groups is 1. The number of nitrogens with zero attached hydrogens (tertiary/aromatic N) is 1. The maximum atomic E-state index is 12.7. The summed E-state index contributed by atoms with van der Waals surface area (Å²) in [5.41, 5.74) is 0.106. The van der Waals surface area contributed by atoms with Gasteiger partial charge in [0.1, 0.15) is 11.6 Å². The molecule has 0 fully saturated rings. The monoisotopic (exact) mass is 237 g/mol. The summed E-state index contributed by atoms with van der Waals surface area (Å²) in [5.74, 6) is -1.24. The molecule has 17 heavy (non-hydrogen) atoms. The van der Waals surface area contributed by atoms with E-state index in [1.165, 1.54) is 12.1 Å². The van der Waals surface area contributed by atoms with Gasteiger partial charge in [-0.3, -0.25) is 4.79 Å². The molecule has 0 spiro atoms. The van der Waals surface area contributed by atoms with E-state index in [2.05, 4.69) is 0 Å². The van der Waals surface area contributed by atoms with Crippen LogP contribution in [-0.4, -0.2) is 28.9 Å². The molecular weight excluding hydrogens is 221 g/mol. The van der Waals surface area contributed by atoms with Gasteiger partial charge in [0.05, 0.1) is 5.56 Å². The van der Waals surface area contributed by atoms with E-state index >= 15 is 0 Å². The number of carbonyl (C=O) groups is 1. The van der Waals surface area contributed by atoms with Crippen LogP contribution in [0.15, 0.2) is 30.5 Å². The Labute approximate surface area is 100 Å². The molecule has 92 valence electrons. The third kappa shape index (κ3) is 3.59.